The van der Waals surface area contributed by atoms with Crippen LogP contribution in [0.4, 0.5) is 0 Å². The highest BCUT2D eigenvalue weighted by Crippen LogP contribution is 2.32. The number of esters is 1. The van der Waals surface area contributed by atoms with E-state index in [1.165, 1.54) is 20.3 Å². The maximum Gasteiger partial charge on any atom is 0.341 e. The molecule has 0 aliphatic carbocycles. The van der Waals surface area contributed by atoms with Gasteiger partial charge < -0.3 is 14.2 Å². The van der Waals surface area contributed by atoms with Crippen LogP contribution >= 0.6 is 0 Å². The van der Waals surface area contributed by atoms with E-state index >= 15 is 0 Å². The second kappa shape index (κ2) is 4.45. The largest absolute Gasteiger partial charge is 0.496 e. The van der Waals surface area contributed by atoms with Crippen LogP contribution in [-0.2, 0) is 4.74 Å². The van der Waals surface area contributed by atoms with Crippen LogP contribution < -0.4 is 9.47 Å². The van der Waals surface area contributed by atoms with E-state index in [1.54, 1.807) is 6.07 Å². The van der Waals surface area contributed by atoms with Crippen molar-refractivity contribution in [3.05, 3.63) is 23.3 Å². The van der Waals surface area contributed by atoms with Gasteiger partial charge in [-0.15, -0.1) is 0 Å². The van der Waals surface area contributed by atoms with Gasteiger partial charge in [0, 0.05) is 12.5 Å². The summed E-state index contributed by atoms with van der Waals surface area (Å²) >= 11 is 0. The van der Waals surface area contributed by atoms with E-state index in [1.807, 2.05) is 0 Å². The maximum atomic E-state index is 11.7. The van der Waals surface area contributed by atoms with Gasteiger partial charge in [0.2, 0.25) is 0 Å². The molecule has 0 bridgehead atoms. The third-order valence-electron chi connectivity index (χ3n) is 2.59. The number of hydrogen-bond donors (Lipinski definition) is 0. The molecule has 17 heavy (non-hydrogen) atoms. The molecule has 0 N–H and O–H groups in total. The number of carbonyl (C=O) groups excluding carboxylic acids is 2. The van der Waals surface area contributed by atoms with E-state index in [-0.39, 0.29) is 11.3 Å². The fraction of sp³-hybridized carbons (Fsp3) is 0.333. The van der Waals surface area contributed by atoms with E-state index < -0.39 is 5.97 Å². The fourth-order valence-electron chi connectivity index (χ4n) is 1.73. The first-order chi connectivity index (χ1) is 8.17. The minimum Gasteiger partial charge on any atom is -0.496 e. The monoisotopic (exact) mass is 236 g/mol. The van der Waals surface area contributed by atoms with E-state index in [0.29, 0.717) is 30.1 Å². The van der Waals surface area contributed by atoms with Crippen molar-refractivity contribution in [2.24, 2.45) is 0 Å². The number of methoxy groups -OCH3 is 2. The first-order valence-corrected chi connectivity index (χ1v) is 5.13. The molecular weight excluding hydrogens is 224 g/mol. The van der Waals surface area contributed by atoms with Crippen LogP contribution in [0.3, 0.4) is 0 Å². The van der Waals surface area contributed by atoms with Gasteiger partial charge in [0.05, 0.1) is 26.4 Å². The SMILES string of the molecule is COC(=O)c1cc2c(cc1OC)OCCC2=O. The molecule has 0 amide bonds. The minimum absolute atomic E-state index is 0.0425. The number of Topliss-reactive ketones (excluding diaryl/α,β-unsaturated/α-hetero) is 1. The lowest BCUT2D eigenvalue weighted by molar-refractivity contribution is 0.0597. The quantitative estimate of drug-likeness (QED) is 0.727. The van der Waals surface area contributed by atoms with Crippen molar-refractivity contribution in [2.75, 3.05) is 20.8 Å². The fourth-order valence-corrected chi connectivity index (χ4v) is 1.73. The molecule has 1 aromatic rings. The zero-order valence-corrected chi connectivity index (χ0v) is 9.61. The van der Waals surface area contributed by atoms with Gasteiger partial charge in [0.1, 0.15) is 17.1 Å². The van der Waals surface area contributed by atoms with Crippen molar-refractivity contribution in [1.82, 2.24) is 0 Å². The summed E-state index contributed by atoms with van der Waals surface area (Å²) in [6.07, 6.45) is 0.319. The number of benzene rings is 1. The third-order valence-corrected chi connectivity index (χ3v) is 2.59. The predicted octanol–water partition coefficient (Wildman–Crippen LogP) is 1.45. The summed E-state index contributed by atoms with van der Waals surface area (Å²) in [5.41, 5.74) is 0.630. The van der Waals surface area contributed by atoms with Gasteiger partial charge in [0.25, 0.3) is 0 Å². The molecule has 1 heterocycles. The van der Waals surface area contributed by atoms with Crippen LogP contribution in [0.15, 0.2) is 12.1 Å². The summed E-state index contributed by atoms with van der Waals surface area (Å²) in [7, 11) is 2.72. The molecule has 0 saturated carbocycles. The van der Waals surface area contributed by atoms with Crippen LogP contribution in [0.2, 0.25) is 0 Å². The molecule has 1 aromatic carbocycles. The van der Waals surface area contributed by atoms with Crippen molar-refractivity contribution in [3.63, 3.8) is 0 Å². The lowest BCUT2D eigenvalue weighted by Crippen LogP contribution is -2.17. The summed E-state index contributed by atoms with van der Waals surface area (Å²) in [4.78, 5) is 23.2. The molecule has 90 valence electrons. The second-order valence-electron chi connectivity index (χ2n) is 3.56. The first kappa shape index (κ1) is 11.4. The van der Waals surface area contributed by atoms with Gasteiger partial charge in [-0.25, -0.2) is 4.79 Å². The maximum absolute atomic E-state index is 11.7. The van der Waals surface area contributed by atoms with Crippen molar-refractivity contribution in [2.45, 2.75) is 6.42 Å². The zero-order valence-electron chi connectivity index (χ0n) is 9.61. The molecular formula is C12H12O5. The normalized spacial score (nSPS) is 13.6. The predicted molar refractivity (Wildman–Crippen MR) is 58.8 cm³/mol. The lowest BCUT2D eigenvalue weighted by Gasteiger charge is -2.18. The lowest BCUT2D eigenvalue weighted by atomic mass is 10.0. The Kier molecular flexibility index (Phi) is 2.99. The van der Waals surface area contributed by atoms with E-state index in [9.17, 15) is 9.59 Å². The van der Waals surface area contributed by atoms with Crippen LogP contribution in [-0.4, -0.2) is 32.6 Å². The number of ether oxygens (including phenoxy) is 3. The Bertz CT molecular complexity index is 478. The number of carbonyl (C=O) groups is 2. The van der Waals surface area contributed by atoms with Crippen LogP contribution in [0.1, 0.15) is 27.1 Å². The highest BCUT2D eigenvalue weighted by atomic mass is 16.5. The number of fused-ring (bicyclic) bond motifs is 1. The Morgan fingerprint density at radius 3 is 2.76 bits per heavy atom. The van der Waals surface area contributed by atoms with Gasteiger partial charge in [-0.05, 0) is 6.07 Å². The van der Waals surface area contributed by atoms with Crippen molar-refractivity contribution >= 4 is 11.8 Å². The van der Waals surface area contributed by atoms with Gasteiger partial charge in [-0.2, -0.15) is 0 Å². The van der Waals surface area contributed by atoms with Crippen molar-refractivity contribution < 1.29 is 23.8 Å². The van der Waals surface area contributed by atoms with E-state index in [4.69, 9.17) is 9.47 Å². The number of ketones is 1. The number of hydrogen-bond acceptors (Lipinski definition) is 5. The molecule has 0 fully saturated rings. The molecule has 0 saturated heterocycles. The van der Waals surface area contributed by atoms with E-state index in [0.717, 1.165) is 0 Å². The zero-order chi connectivity index (χ0) is 12.4. The highest BCUT2D eigenvalue weighted by Gasteiger charge is 2.24. The summed E-state index contributed by atoms with van der Waals surface area (Å²) in [6.45, 7) is 0.354. The molecule has 1 aliphatic rings. The molecule has 0 unspecified atom stereocenters. The summed E-state index contributed by atoms with van der Waals surface area (Å²) in [6, 6.07) is 3.00. The smallest absolute Gasteiger partial charge is 0.341 e. The van der Waals surface area contributed by atoms with E-state index in [2.05, 4.69) is 4.74 Å². The van der Waals surface area contributed by atoms with Crippen molar-refractivity contribution in [1.29, 1.82) is 0 Å². The molecule has 1 aliphatic heterocycles. The highest BCUT2D eigenvalue weighted by molar-refractivity contribution is 6.03. The number of rotatable bonds is 2. The minimum atomic E-state index is -0.539. The van der Waals surface area contributed by atoms with Crippen LogP contribution in [0.25, 0.3) is 0 Å². The standard InChI is InChI=1S/C12H12O5/c1-15-10-6-11-7(9(13)3-4-17-11)5-8(10)12(14)16-2/h5-6H,3-4H2,1-2H3. The average Bonchev–Trinajstić information content (AvgIpc) is 2.37. The second-order valence-corrected chi connectivity index (χ2v) is 3.56. The molecule has 2 rings (SSSR count). The first-order valence-electron chi connectivity index (χ1n) is 5.13. The van der Waals surface area contributed by atoms with Crippen LogP contribution in [0.5, 0.6) is 11.5 Å². The van der Waals surface area contributed by atoms with Gasteiger partial charge in [0.15, 0.2) is 5.78 Å². The summed E-state index contributed by atoms with van der Waals surface area (Å²) < 4.78 is 15.1. The average molecular weight is 236 g/mol. The molecule has 5 nitrogen and oxygen atoms in total. The summed E-state index contributed by atoms with van der Waals surface area (Å²) in [5, 5.41) is 0. The Hall–Kier alpha value is -2.04. The summed E-state index contributed by atoms with van der Waals surface area (Å²) in [5.74, 6) is 0.207. The van der Waals surface area contributed by atoms with Gasteiger partial charge in [-0.3, -0.25) is 4.79 Å². The third kappa shape index (κ3) is 1.95. The molecule has 0 spiro atoms. The van der Waals surface area contributed by atoms with Gasteiger partial charge >= 0.3 is 5.97 Å². The molecule has 0 aromatic heterocycles. The molecule has 0 radical (unpaired) electrons. The van der Waals surface area contributed by atoms with Gasteiger partial charge in [-0.1, -0.05) is 0 Å². The Labute approximate surface area is 98.3 Å². The Morgan fingerprint density at radius 1 is 1.35 bits per heavy atom. The Balaban J connectivity index is 2.56. The van der Waals surface area contributed by atoms with Crippen molar-refractivity contribution in [3.8, 4) is 11.5 Å². The molecule has 0 atom stereocenters. The Morgan fingerprint density at radius 2 is 2.12 bits per heavy atom. The van der Waals surface area contributed by atoms with Crippen LogP contribution in [0, 0.1) is 0 Å². The topological polar surface area (TPSA) is 61.8 Å². The molecule has 5 heteroatoms.